The maximum atomic E-state index is 13.6. The van der Waals surface area contributed by atoms with Crippen molar-refractivity contribution in [1.29, 1.82) is 0 Å². The van der Waals surface area contributed by atoms with E-state index < -0.39 is 6.10 Å². The zero-order chi connectivity index (χ0) is 14.8. The van der Waals surface area contributed by atoms with Crippen molar-refractivity contribution in [2.75, 3.05) is 6.61 Å². The summed E-state index contributed by atoms with van der Waals surface area (Å²) in [6.45, 7) is 0.600. The molecule has 0 fully saturated rings. The van der Waals surface area contributed by atoms with Crippen molar-refractivity contribution in [3.05, 3.63) is 69.4 Å². The fourth-order valence-electron chi connectivity index (χ4n) is 2.78. The molecule has 2 atom stereocenters. The van der Waals surface area contributed by atoms with Crippen LogP contribution in [0.25, 0.3) is 0 Å². The highest BCUT2D eigenvalue weighted by atomic mass is 79.9. The second kappa shape index (κ2) is 6.26. The van der Waals surface area contributed by atoms with Crippen LogP contribution in [0.2, 0.25) is 0 Å². The van der Waals surface area contributed by atoms with E-state index in [1.54, 1.807) is 6.07 Å². The fraction of sp³-hybridized carbons (Fsp3) is 0.294. The molecule has 1 heterocycles. The number of fused-ring (bicyclic) bond motifs is 1. The number of benzene rings is 2. The smallest absolute Gasteiger partial charge is 0.137 e. The molecule has 0 spiro atoms. The van der Waals surface area contributed by atoms with Crippen molar-refractivity contribution in [2.45, 2.75) is 25.0 Å². The zero-order valence-electron chi connectivity index (χ0n) is 11.4. The molecule has 1 aliphatic heterocycles. The van der Waals surface area contributed by atoms with Crippen molar-refractivity contribution in [1.82, 2.24) is 0 Å². The maximum absolute atomic E-state index is 13.6. The van der Waals surface area contributed by atoms with E-state index >= 15 is 0 Å². The van der Waals surface area contributed by atoms with E-state index in [1.807, 2.05) is 24.3 Å². The molecular weight excluding hydrogens is 335 g/mol. The minimum atomic E-state index is -0.704. The Balaban J connectivity index is 1.83. The first-order chi connectivity index (χ1) is 10.2. The average molecular weight is 351 g/mol. The molecule has 4 heteroatoms. The summed E-state index contributed by atoms with van der Waals surface area (Å²) in [7, 11) is 0. The van der Waals surface area contributed by atoms with Gasteiger partial charge in [0.2, 0.25) is 0 Å². The second-order valence-corrected chi connectivity index (χ2v) is 6.02. The number of rotatable bonds is 3. The second-order valence-electron chi connectivity index (χ2n) is 5.22. The number of hydrogen-bond donors (Lipinski definition) is 1. The summed E-state index contributed by atoms with van der Waals surface area (Å²) < 4.78 is 19.7. The Morgan fingerprint density at radius 2 is 2.05 bits per heavy atom. The number of halogens is 2. The molecule has 1 aliphatic rings. The van der Waals surface area contributed by atoms with Crippen molar-refractivity contribution >= 4 is 15.9 Å². The van der Waals surface area contributed by atoms with E-state index in [0.29, 0.717) is 17.5 Å². The van der Waals surface area contributed by atoms with Gasteiger partial charge in [0.1, 0.15) is 11.9 Å². The molecule has 2 unspecified atom stereocenters. The predicted octanol–water partition coefficient (Wildman–Crippen LogP) is 3.81. The normalized spacial score (nSPS) is 19.1. The van der Waals surface area contributed by atoms with E-state index in [4.69, 9.17) is 4.74 Å². The lowest BCUT2D eigenvalue weighted by Crippen LogP contribution is -2.28. The van der Waals surface area contributed by atoms with Gasteiger partial charge in [-0.2, -0.15) is 0 Å². The summed E-state index contributed by atoms with van der Waals surface area (Å²) in [5.74, 6) is -0.315. The molecule has 0 aliphatic carbocycles. The molecule has 1 N–H and O–H groups in total. The van der Waals surface area contributed by atoms with Gasteiger partial charge in [0.05, 0.1) is 17.2 Å². The van der Waals surface area contributed by atoms with Gasteiger partial charge in [0.15, 0.2) is 0 Å². The summed E-state index contributed by atoms with van der Waals surface area (Å²) in [6, 6.07) is 12.9. The quantitative estimate of drug-likeness (QED) is 0.911. The Bertz CT molecular complexity index is 644. The molecule has 0 saturated heterocycles. The van der Waals surface area contributed by atoms with Gasteiger partial charge in [-0.05, 0) is 45.1 Å². The first-order valence-electron chi connectivity index (χ1n) is 6.97. The van der Waals surface area contributed by atoms with Gasteiger partial charge in [0.25, 0.3) is 0 Å². The molecule has 0 saturated carbocycles. The highest BCUT2D eigenvalue weighted by Gasteiger charge is 2.28. The lowest BCUT2D eigenvalue weighted by molar-refractivity contribution is -0.0461. The molecule has 0 bridgehead atoms. The minimum Gasteiger partial charge on any atom is -0.390 e. The first kappa shape index (κ1) is 14.7. The molecular formula is C17H16BrFO2. The van der Waals surface area contributed by atoms with Gasteiger partial charge in [-0.3, -0.25) is 0 Å². The minimum absolute atomic E-state index is 0.315. The molecule has 2 nitrogen and oxygen atoms in total. The third kappa shape index (κ3) is 3.03. The summed E-state index contributed by atoms with van der Waals surface area (Å²) in [6.07, 6.45) is 0.148. The van der Waals surface area contributed by atoms with Crippen molar-refractivity contribution in [2.24, 2.45) is 0 Å². The van der Waals surface area contributed by atoms with Crippen LogP contribution in [0.3, 0.4) is 0 Å². The summed E-state index contributed by atoms with van der Waals surface area (Å²) in [4.78, 5) is 0. The molecule has 21 heavy (non-hydrogen) atoms. The third-order valence-electron chi connectivity index (χ3n) is 3.84. The monoisotopic (exact) mass is 350 g/mol. The van der Waals surface area contributed by atoms with Crippen LogP contribution in [-0.4, -0.2) is 17.8 Å². The van der Waals surface area contributed by atoms with Gasteiger partial charge in [-0.25, -0.2) is 4.39 Å². The van der Waals surface area contributed by atoms with Gasteiger partial charge in [-0.1, -0.05) is 36.4 Å². The lowest BCUT2D eigenvalue weighted by atomic mass is 9.92. The zero-order valence-corrected chi connectivity index (χ0v) is 13.0. The highest BCUT2D eigenvalue weighted by molar-refractivity contribution is 9.10. The summed E-state index contributed by atoms with van der Waals surface area (Å²) >= 11 is 3.24. The number of aliphatic hydroxyl groups is 1. The van der Waals surface area contributed by atoms with E-state index in [2.05, 4.69) is 22.0 Å². The van der Waals surface area contributed by atoms with Crippen molar-refractivity contribution in [3.8, 4) is 0 Å². The van der Waals surface area contributed by atoms with Crippen molar-refractivity contribution in [3.63, 3.8) is 0 Å². The standard InChI is InChI=1S/C17H16BrFO2/c18-16-12(5-3-7-14(16)19)10-15(20)17-13-6-2-1-4-11(13)8-9-21-17/h1-7,15,17,20H,8-10H2. The Hall–Kier alpha value is -1.23. The third-order valence-corrected chi connectivity index (χ3v) is 4.73. The van der Waals surface area contributed by atoms with Crippen LogP contribution in [-0.2, 0) is 17.6 Å². The average Bonchev–Trinajstić information content (AvgIpc) is 2.51. The molecule has 2 aromatic carbocycles. The summed E-state index contributed by atoms with van der Waals surface area (Å²) in [5.41, 5.74) is 2.99. The van der Waals surface area contributed by atoms with Crippen LogP contribution >= 0.6 is 15.9 Å². The molecule has 2 aromatic rings. The molecule has 0 radical (unpaired) electrons. The van der Waals surface area contributed by atoms with Crippen LogP contribution in [0.15, 0.2) is 46.9 Å². The van der Waals surface area contributed by atoms with Crippen LogP contribution < -0.4 is 0 Å². The molecule has 0 amide bonds. The van der Waals surface area contributed by atoms with Crippen LogP contribution in [0, 0.1) is 5.82 Å². The fourth-order valence-corrected chi connectivity index (χ4v) is 3.21. The summed E-state index contributed by atoms with van der Waals surface area (Å²) in [5, 5.41) is 10.5. The van der Waals surface area contributed by atoms with Crippen LogP contribution in [0.1, 0.15) is 22.8 Å². The molecule has 0 aromatic heterocycles. The highest BCUT2D eigenvalue weighted by Crippen LogP contribution is 2.32. The number of hydrogen-bond acceptors (Lipinski definition) is 2. The topological polar surface area (TPSA) is 29.5 Å². The SMILES string of the molecule is OC(Cc1cccc(F)c1Br)C1OCCc2ccccc21. The number of aliphatic hydroxyl groups excluding tert-OH is 1. The van der Waals surface area contributed by atoms with Gasteiger partial charge < -0.3 is 9.84 Å². The van der Waals surface area contributed by atoms with E-state index in [0.717, 1.165) is 17.5 Å². The van der Waals surface area contributed by atoms with E-state index in [9.17, 15) is 9.50 Å². The largest absolute Gasteiger partial charge is 0.390 e. The Morgan fingerprint density at radius 3 is 2.90 bits per heavy atom. The van der Waals surface area contributed by atoms with Gasteiger partial charge in [0, 0.05) is 6.42 Å². The number of ether oxygens (including phenoxy) is 1. The van der Waals surface area contributed by atoms with Crippen LogP contribution in [0.4, 0.5) is 4.39 Å². The van der Waals surface area contributed by atoms with Gasteiger partial charge in [-0.15, -0.1) is 0 Å². The molecule has 110 valence electrons. The van der Waals surface area contributed by atoms with E-state index in [1.165, 1.54) is 11.6 Å². The Kier molecular flexibility index (Phi) is 4.38. The Labute approximate surface area is 131 Å². The lowest BCUT2D eigenvalue weighted by Gasteiger charge is -2.30. The van der Waals surface area contributed by atoms with Gasteiger partial charge >= 0.3 is 0 Å². The first-order valence-corrected chi connectivity index (χ1v) is 7.76. The predicted molar refractivity (Wildman–Crippen MR) is 82.6 cm³/mol. The maximum Gasteiger partial charge on any atom is 0.137 e. The van der Waals surface area contributed by atoms with Crippen LogP contribution in [0.5, 0.6) is 0 Å². The van der Waals surface area contributed by atoms with Crippen molar-refractivity contribution < 1.29 is 14.2 Å². The molecule has 3 rings (SSSR count). The van der Waals surface area contributed by atoms with E-state index in [-0.39, 0.29) is 11.9 Å². The Morgan fingerprint density at radius 1 is 1.24 bits per heavy atom.